The molecule has 0 aliphatic carbocycles. The highest BCUT2D eigenvalue weighted by atomic mass is 16.1. The van der Waals surface area contributed by atoms with Gasteiger partial charge in [-0.2, -0.15) is 0 Å². The van der Waals surface area contributed by atoms with E-state index in [1.54, 1.807) is 0 Å². The highest BCUT2D eigenvalue weighted by Gasteiger charge is 2.26. The first-order valence-corrected chi connectivity index (χ1v) is 7.08. The van der Waals surface area contributed by atoms with E-state index in [0.29, 0.717) is 12.3 Å². The number of hydrogen-bond donors (Lipinski definition) is 3. The van der Waals surface area contributed by atoms with Gasteiger partial charge in [-0.1, -0.05) is 6.92 Å². The van der Waals surface area contributed by atoms with Crippen LogP contribution in [-0.2, 0) is 4.79 Å². The van der Waals surface area contributed by atoms with E-state index in [1.165, 1.54) is 0 Å². The van der Waals surface area contributed by atoms with Gasteiger partial charge in [-0.25, -0.2) is 4.99 Å². The van der Waals surface area contributed by atoms with Gasteiger partial charge in [0.1, 0.15) is 5.84 Å². The topological polar surface area (TPSA) is 86.5 Å². The van der Waals surface area contributed by atoms with E-state index in [0.717, 1.165) is 28.6 Å². The third-order valence-electron chi connectivity index (χ3n) is 3.72. The summed E-state index contributed by atoms with van der Waals surface area (Å²) in [5.41, 5.74) is 8.93. The van der Waals surface area contributed by atoms with Gasteiger partial charge in [-0.05, 0) is 24.6 Å². The molecule has 4 N–H and O–H groups in total. The van der Waals surface area contributed by atoms with Gasteiger partial charge in [0.25, 0.3) is 0 Å². The molecular weight excluding hydrogens is 266 g/mol. The second kappa shape index (κ2) is 5.21. The first kappa shape index (κ1) is 13.6. The molecule has 2 heterocycles. The molecule has 1 aromatic heterocycles. The molecule has 1 atom stereocenters. The van der Waals surface area contributed by atoms with Crippen LogP contribution in [-0.4, -0.2) is 30.1 Å². The van der Waals surface area contributed by atoms with Crippen LogP contribution >= 0.6 is 0 Å². The first-order valence-electron chi connectivity index (χ1n) is 7.08. The lowest BCUT2D eigenvalue weighted by Gasteiger charge is -2.32. The van der Waals surface area contributed by atoms with Gasteiger partial charge in [0.2, 0.25) is 5.91 Å². The lowest BCUT2D eigenvalue weighted by atomic mass is 10.0. The summed E-state index contributed by atoms with van der Waals surface area (Å²) in [7, 11) is 1.90. The van der Waals surface area contributed by atoms with Gasteiger partial charge in [-0.15, -0.1) is 0 Å². The molecule has 21 heavy (non-hydrogen) atoms. The van der Waals surface area contributed by atoms with Crippen molar-refractivity contribution in [2.45, 2.75) is 26.1 Å². The molecule has 110 valence electrons. The Kier molecular flexibility index (Phi) is 3.39. The molecule has 0 spiro atoms. The van der Waals surface area contributed by atoms with Gasteiger partial charge in [0, 0.05) is 36.1 Å². The average Bonchev–Trinajstić information content (AvgIpc) is 2.92. The van der Waals surface area contributed by atoms with Crippen molar-refractivity contribution in [3.05, 3.63) is 30.0 Å². The normalized spacial score (nSPS) is 17.6. The predicted molar refractivity (Wildman–Crippen MR) is 84.3 cm³/mol. The van der Waals surface area contributed by atoms with E-state index >= 15 is 0 Å². The number of H-pyrrole nitrogens is 1. The molecule has 0 bridgehead atoms. The molecule has 6 heteroatoms. The summed E-state index contributed by atoms with van der Waals surface area (Å²) in [6.07, 6.45) is 2.66. The average molecular weight is 285 g/mol. The van der Waals surface area contributed by atoms with Crippen LogP contribution in [0.4, 0.5) is 5.69 Å². The fourth-order valence-corrected chi connectivity index (χ4v) is 2.61. The van der Waals surface area contributed by atoms with Crippen LogP contribution in [0.1, 0.15) is 25.3 Å². The molecule has 3 rings (SSSR count). The van der Waals surface area contributed by atoms with Crippen molar-refractivity contribution in [1.29, 1.82) is 0 Å². The maximum Gasteiger partial charge on any atom is 0.225 e. The lowest BCUT2D eigenvalue weighted by Crippen LogP contribution is -2.46. The Morgan fingerprint density at radius 2 is 2.29 bits per heavy atom. The summed E-state index contributed by atoms with van der Waals surface area (Å²) in [6.45, 7) is 1.97. The van der Waals surface area contributed by atoms with Crippen LogP contribution in [0.2, 0.25) is 0 Å². The molecule has 1 aliphatic rings. The van der Waals surface area contributed by atoms with Crippen molar-refractivity contribution in [3.63, 3.8) is 0 Å². The zero-order valence-corrected chi connectivity index (χ0v) is 12.2. The number of carbonyl (C=O) groups excluding carboxylic acids is 1. The summed E-state index contributed by atoms with van der Waals surface area (Å²) >= 11 is 0. The molecule has 1 amide bonds. The van der Waals surface area contributed by atoms with E-state index in [-0.39, 0.29) is 5.91 Å². The molecule has 1 aromatic carbocycles. The van der Waals surface area contributed by atoms with Crippen LogP contribution in [0.5, 0.6) is 0 Å². The van der Waals surface area contributed by atoms with Crippen LogP contribution in [0, 0.1) is 0 Å². The maximum atomic E-state index is 11.9. The Labute approximate surface area is 123 Å². The van der Waals surface area contributed by atoms with Crippen LogP contribution in [0.3, 0.4) is 0 Å². The number of aromatic nitrogens is 1. The van der Waals surface area contributed by atoms with Crippen LogP contribution in [0.15, 0.2) is 29.4 Å². The van der Waals surface area contributed by atoms with E-state index < -0.39 is 6.29 Å². The number of aromatic amines is 1. The number of anilines is 1. The highest BCUT2D eigenvalue weighted by molar-refractivity contribution is 6.18. The van der Waals surface area contributed by atoms with Crippen molar-refractivity contribution in [2.75, 3.05) is 11.9 Å². The van der Waals surface area contributed by atoms with E-state index in [9.17, 15) is 4.79 Å². The van der Waals surface area contributed by atoms with Gasteiger partial charge in [-0.3, -0.25) is 10.5 Å². The number of benzene rings is 1. The zero-order valence-electron chi connectivity index (χ0n) is 12.2. The van der Waals surface area contributed by atoms with Gasteiger partial charge in [0.05, 0.1) is 5.69 Å². The monoisotopic (exact) mass is 285 g/mol. The maximum absolute atomic E-state index is 11.9. The summed E-state index contributed by atoms with van der Waals surface area (Å²) in [6, 6.07) is 5.99. The van der Waals surface area contributed by atoms with Gasteiger partial charge < -0.3 is 15.2 Å². The number of nitrogens with one attached hydrogen (secondary N) is 2. The van der Waals surface area contributed by atoms with Crippen molar-refractivity contribution < 1.29 is 4.79 Å². The van der Waals surface area contributed by atoms with Gasteiger partial charge in [0.15, 0.2) is 6.29 Å². The zero-order chi connectivity index (χ0) is 15.0. The smallest absolute Gasteiger partial charge is 0.225 e. The fourth-order valence-electron chi connectivity index (χ4n) is 2.61. The van der Waals surface area contributed by atoms with Crippen molar-refractivity contribution in [1.82, 2.24) is 10.3 Å². The Bertz CT molecular complexity index is 718. The largest absolute Gasteiger partial charge is 0.361 e. The Hall–Kier alpha value is -2.34. The van der Waals surface area contributed by atoms with E-state index in [2.05, 4.69) is 15.3 Å². The third-order valence-corrected chi connectivity index (χ3v) is 3.72. The standard InChI is InChI=1S/C15H19N5O/c1-3-4-12(21)18-14-13-9-7-8-17-10(9)5-6-11(13)20(2)15(16)19-14/h5-8,15,17H,3-4,16H2,1-2H3,(H,18,19,21). The number of hydrogen-bond acceptors (Lipinski definition) is 4. The first-order chi connectivity index (χ1) is 10.1. The second-order valence-electron chi connectivity index (χ2n) is 5.20. The number of amides is 1. The van der Waals surface area contributed by atoms with Crippen LogP contribution in [0.25, 0.3) is 10.9 Å². The van der Waals surface area contributed by atoms with Crippen molar-refractivity contribution in [2.24, 2.45) is 10.7 Å². The minimum atomic E-state index is -0.495. The lowest BCUT2D eigenvalue weighted by molar-refractivity contribution is -0.119. The summed E-state index contributed by atoms with van der Waals surface area (Å²) in [5.74, 6) is 0.519. The molecule has 6 nitrogen and oxygen atoms in total. The Balaban J connectivity index is 2.11. The van der Waals surface area contributed by atoms with Crippen molar-refractivity contribution in [3.8, 4) is 0 Å². The van der Waals surface area contributed by atoms with E-state index in [4.69, 9.17) is 5.73 Å². The van der Waals surface area contributed by atoms with Gasteiger partial charge >= 0.3 is 0 Å². The summed E-state index contributed by atoms with van der Waals surface area (Å²) < 4.78 is 0. The number of rotatable bonds is 2. The molecule has 0 saturated heterocycles. The SMILES string of the molecule is CCCC(=O)NC1=NC(N)N(C)c2ccc3[nH]ccc3c21. The molecule has 0 radical (unpaired) electrons. The molecule has 1 aliphatic heterocycles. The number of carbonyl (C=O) groups is 1. The minimum absolute atomic E-state index is 0.0357. The summed E-state index contributed by atoms with van der Waals surface area (Å²) in [5, 5.41) is 3.93. The number of aliphatic imine (C=N–C) groups is 1. The second-order valence-corrected chi connectivity index (χ2v) is 5.20. The molecule has 1 unspecified atom stereocenters. The number of nitrogens with zero attached hydrogens (tertiary/aromatic N) is 2. The molecule has 0 fully saturated rings. The Morgan fingerprint density at radius 3 is 3.05 bits per heavy atom. The highest BCUT2D eigenvalue weighted by Crippen LogP contribution is 2.31. The molecule has 2 aromatic rings. The minimum Gasteiger partial charge on any atom is -0.361 e. The Morgan fingerprint density at radius 1 is 1.48 bits per heavy atom. The fraction of sp³-hybridized carbons (Fsp3) is 0.333. The molecule has 0 saturated carbocycles. The number of amidine groups is 1. The van der Waals surface area contributed by atoms with Crippen LogP contribution < -0.4 is 16.0 Å². The quantitative estimate of drug-likeness (QED) is 0.782. The predicted octanol–water partition coefficient (Wildman–Crippen LogP) is 1.52. The molecular formula is C15H19N5O. The number of fused-ring (bicyclic) bond motifs is 3. The van der Waals surface area contributed by atoms with Crippen molar-refractivity contribution >= 4 is 28.3 Å². The third kappa shape index (κ3) is 2.27. The summed E-state index contributed by atoms with van der Waals surface area (Å²) in [4.78, 5) is 21.4. The van der Waals surface area contributed by atoms with E-state index in [1.807, 2.05) is 43.3 Å². The number of nitrogens with two attached hydrogens (primary N) is 1.